The van der Waals surface area contributed by atoms with Crippen LogP contribution in [0.1, 0.15) is 18.5 Å². The number of pyridine rings is 1. The largest absolute Gasteiger partial charge is 0.337 e. The third-order valence-electron chi connectivity index (χ3n) is 5.87. The molecule has 0 unspecified atom stereocenters. The van der Waals surface area contributed by atoms with Gasteiger partial charge in [0, 0.05) is 37.8 Å². The first kappa shape index (κ1) is 17.8. The Balaban J connectivity index is 1.25. The van der Waals surface area contributed by atoms with Crippen LogP contribution in [0.4, 0.5) is 0 Å². The normalized spacial score (nSPS) is 21.2. The number of carbonyl (C=O) groups excluding carboxylic acids is 2. The van der Waals surface area contributed by atoms with Gasteiger partial charge >= 0.3 is 0 Å². The van der Waals surface area contributed by atoms with Crippen LogP contribution in [0.25, 0.3) is 11.0 Å². The van der Waals surface area contributed by atoms with Crippen molar-refractivity contribution in [3.8, 4) is 0 Å². The van der Waals surface area contributed by atoms with Gasteiger partial charge in [-0.05, 0) is 30.7 Å². The van der Waals surface area contributed by atoms with E-state index < -0.39 is 0 Å². The van der Waals surface area contributed by atoms with Crippen molar-refractivity contribution in [2.24, 2.45) is 0 Å². The lowest BCUT2D eigenvalue weighted by Gasteiger charge is -2.25. The summed E-state index contributed by atoms with van der Waals surface area (Å²) in [6, 6.07) is 13.4. The Morgan fingerprint density at radius 2 is 1.79 bits per heavy atom. The summed E-state index contributed by atoms with van der Waals surface area (Å²) in [5.74, 6) is 0.0913. The number of nitrogens with zero attached hydrogens (tertiary/aromatic N) is 6. The van der Waals surface area contributed by atoms with Crippen molar-refractivity contribution in [2.45, 2.75) is 37.9 Å². The van der Waals surface area contributed by atoms with Crippen LogP contribution in [0.3, 0.4) is 0 Å². The minimum Gasteiger partial charge on any atom is -0.337 e. The monoisotopic (exact) mass is 390 g/mol. The van der Waals surface area contributed by atoms with Gasteiger partial charge in [-0.3, -0.25) is 14.6 Å². The highest BCUT2D eigenvalue weighted by Crippen LogP contribution is 2.32. The predicted octanol–water partition coefficient (Wildman–Crippen LogP) is 1.27. The Kier molecular flexibility index (Phi) is 4.46. The van der Waals surface area contributed by atoms with Gasteiger partial charge in [0.2, 0.25) is 11.8 Å². The number of rotatable bonds is 5. The molecule has 3 aromatic rings. The first-order valence-corrected chi connectivity index (χ1v) is 9.98. The van der Waals surface area contributed by atoms with E-state index in [1.165, 1.54) is 4.80 Å². The van der Waals surface area contributed by atoms with Crippen molar-refractivity contribution < 1.29 is 9.59 Å². The van der Waals surface area contributed by atoms with Gasteiger partial charge in [0.15, 0.2) is 0 Å². The van der Waals surface area contributed by atoms with Crippen LogP contribution in [-0.2, 0) is 22.6 Å². The molecule has 1 aromatic carbocycles. The number of fused-ring (bicyclic) bond motifs is 2. The zero-order chi connectivity index (χ0) is 19.8. The molecule has 0 spiro atoms. The molecule has 29 heavy (non-hydrogen) atoms. The molecule has 2 saturated heterocycles. The molecule has 0 bridgehead atoms. The molecule has 2 aromatic heterocycles. The minimum atomic E-state index is -0.0521. The fourth-order valence-electron chi connectivity index (χ4n) is 4.50. The average Bonchev–Trinajstić information content (AvgIpc) is 3.40. The predicted molar refractivity (Wildman–Crippen MR) is 106 cm³/mol. The molecule has 2 aliphatic heterocycles. The van der Waals surface area contributed by atoms with Gasteiger partial charge in [-0.15, -0.1) is 0 Å². The smallest absolute Gasteiger partial charge is 0.246 e. The van der Waals surface area contributed by atoms with Gasteiger partial charge in [-0.25, -0.2) is 0 Å². The van der Waals surface area contributed by atoms with Crippen molar-refractivity contribution >= 4 is 22.8 Å². The van der Waals surface area contributed by atoms with Crippen molar-refractivity contribution in [1.29, 1.82) is 0 Å². The molecule has 8 heteroatoms. The molecule has 5 rings (SSSR count). The molecule has 0 N–H and O–H groups in total. The molecule has 148 valence electrons. The molecule has 2 atom stereocenters. The molecule has 0 aliphatic carbocycles. The number of benzene rings is 1. The van der Waals surface area contributed by atoms with E-state index in [0.717, 1.165) is 29.6 Å². The third kappa shape index (κ3) is 3.35. The summed E-state index contributed by atoms with van der Waals surface area (Å²) in [6.45, 7) is 1.41. The lowest BCUT2D eigenvalue weighted by Crippen LogP contribution is -2.41. The minimum absolute atomic E-state index is 0.0304. The second kappa shape index (κ2) is 7.27. The fraction of sp³-hybridized carbons (Fsp3) is 0.381. The van der Waals surface area contributed by atoms with E-state index in [2.05, 4.69) is 15.2 Å². The zero-order valence-electron chi connectivity index (χ0n) is 16.0. The summed E-state index contributed by atoms with van der Waals surface area (Å²) >= 11 is 0. The first-order valence-electron chi connectivity index (χ1n) is 9.98. The Labute approximate surface area is 168 Å². The molecule has 2 aliphatic rings. The van der Waals surface area contributed by atoms with E-state index in [1.54, 1.807) is 6.20 Å². The van der Waals surface area contributed by atoms with Crippen LogP contribution in [0.2, 0.25) is 0 Å². The van der Waals surface area contributed by atoms with Crippen LogP contribution in [0.5, 0.6) is 0 Å². The third-order valence-corrected chi connectivity index (χ3v) is 5.87. The first-order chi connectivity index (χ1) is 14.2. The van der Waals surface area contributed by atoms with E-state index >= 15 is 0 Å². The molecule has 0 radical (unpaired) electrons. The maximum atomic E-state index is 12.9. The quantitative estimate of drug-likeness (QED) is 0.655. The van der Waals surface area contributed by atoms with Crippen LogP contribution >= 0.6 is 0 Å². The Bertz CT molecular complexity index is 1020. The molecule has 0 saturated carbocycles. The second-order valence-electron chi connectivity index (χ2n) is 7.59. The van der Waals surface area contributed by atoms with Crippen LogP contribution in [0.15, 0.2) is 48.7 Å². The lowest BCUT2D eigenvalue weighted by atomic mass is 10.1. The van der Waals surface area contributed by atoms with Crippen molar-refractivity contribution in [1.82, 2.24) is 29.8 Å². The maximum Gasteiger partial charge on any atom is 0.246 e. The average molecular weight is 390 g/mol. The van der Waals surface area contributed by atoms with Gasteiger partial charge in [-0.2, -0.15) is 15.0 Å². The number of likely N-dealkylation sites (tertiary alicyclic amines) is 2. The highest BCUT2D eigenvalue weighted by atomic mass is 16.2. The lowest BCUT2D eigenvalue weighted by molar-refractivity contribution is -0.133. The van der Waals surface area contributed by atoms with Crippen molar-refractivity contribution in [3.63, 3.8) is 0 Å². The summed E-state index contributed by atoms with van der Waals surface area (Å²) in [7, 11) is 0. The summed E-state index contributed by atoms with van der Waals surface area (Å²) in [5, 5.41) is 8.75. The molecular formula is C21H22N6O2. The molecule has 2 fully saturated rings. The van der Waals surface area contributed by atoms with Gasteiger partial charge in [-0.1, -0.05) is 18.2 Å². The molecular weight excluding hydrogens is 368 g/mol. The van der Waals surface area contributed by atoms with E-state index in [-0.39, 0.29) is 30.4 Å². The van der Waals surface area contributed by atoms with Gasteiger partial charge in [0.25, 0.3) is 0 Å². The van der Waals surface area contributed by atoms with Crippen LogP contribution in [0, 0.1) is 0 Å². The van der Waals surface area contributed by atoms with E-state index in [9.17, 15) is 9.59 Å². The highest BCUT2D eigenvalue weighted by Gasteiger charge is 2.47. The Morgan fingerprint density at radius 1 is 1.03 bits per heavy atom. The molecule has 2 amide bonds. The number of aromatic nitrogens is 4. The van der Waals surface area contributed by atoms with Gasteiger partial charge in [0.1, 0.15) is 17.6 Å². The van der Waals surface area contributed by atoms with E-state index in [4.69, 9.17) is 0 Å². The number of hydrogen-bond donors (Lipinski definition) is 0. The number of hydrogen-bond acceptors (Lipinski definition) is 5. The number of carbonyl (C=O) groups is 2. The topological polar surface area (TPSA) is 84.2 Å². The van der Waals surface area contributed by atoms with E-state index in [0.29, 0.717) is 19.5 Å². The Morgan fingerprint density at radius 3 is 2.52 bits per heavy atom. The summed E-state index contributed by atoms with van der Waals surface area (Å²) in [6.07, 6.45) is 3.71. The Hall–Kier alpha value is -3.29. The summed E-state index contributed by atoms with van der Waals surface area (Å²) < 4.78 is 0. The molecule has 8 nitrogen and oxygen atoms in total. The van der Waals surface area contributed by atoms with Gasteiger partial charge in [0.05, 0.1) is 12.1 Å². The van der Waals surface area contributed by atoms with E-state index in [1.807, 2.05) is 52.3 Å². The highest BCUT2D eigenvalue weighted by molar-refractivity contribution is 5.83. The summed E-state index contributed by atoms with van der Waals surface area (Å²) in [4.78, 5) is 35.1. The van der Waals surface area contributed by atoms with Crippen molar-refractivity contribution in [3.05, 3.63) is 54.4 Å². The summed E-state index contributed by atoms with van der Waals surface area (Å²) in [5.41, 5.74) is 2.53. The van der Waals surface area contributed by atoms with Gasteiger partial charge < -0.3 is 9.80 Å². The zero-order valence-corrected chi connectivity index (χ0v) is 16.0. The molecule has 4 heterocycles. The second-order valence-corrected chi connectivity index (χ2v) is 7.59. The maximum absolute atomic E-state index is 12.9. The van der Waals surface area contributed by atoms with Crippen LogP contribution < -0.4 is 0 Å². The van der Waals surface area contributed by atoms with Crippen LogP contribution in [-0.4, -0.2) is 66.8 Å². The van der Waals surface area contributed by atoms with Crippen molar-refractivity contribution in [2.75, 3.05) is 13.1 Å². The number of amides is 2. The fourth-order valence-corrected chi connectivity index (χ4v) is 4.50. The SMILES string of the molecule is O=C1C[C@H]2[C@H](CCN2C(=O)Cn2nc3ccccc3n2)N1CCc1ccccn1. The standard InChI is InChI=1S/C21H22N6O2/c28-20-13-19-18(25(20)11-8-15-5-3-4-10-22-15)9-12-26(19)21(29)14-27-23-16-6-1-2-7-17(16)24-27/h1-7,10,18-19H,8-9,11-14H2/t18-,19-/m0/s1.